The lowest BCUT2D eigenvalue weighted by atomic mass is 9.67. The van der Waals surface area contributed by atoms with Gasteiger partial charge in [-0.2, -0.15) is 13.2 Å². The molecule has 0 unspecified atom stereocenters. The van der Waals surface area contributed by atoms with Crippen molar-refractivity contribution in [1.82, 2.24) is 14.8 Å². The van der Waals surface area contributed by atoms with Gasteiger partial charge in [-0.1, -0.05) is 32.1 Å². The van der Waals surface area contributed by atoms with Crippen LogP contribution in [-0.4, -0.2) is 60.2 Å². The molecule has 8 heteroatoms. The van der Waals surface area contributed by atoms with Gasteiger partial charge in [0, 0.05) is 42.7 Å². The molecule has 1 saturated carbocycles. The molecular weight excluding hydrogens is 528 g/mol. The smallest absolute Gasteiger partial charge is 0.371 e. The zero-order valence-corrected chi connectivity index (χ0v) is 24.5. The van der Waals surface area contributed by atoms with Crippen molar-refractivity contribution < 1.29 is 17.6 Å². The third kappa shape index (κ3) is 7.89. The van der Waals surface area contributed by atoms with Gasteiger partial charge < -0.3 is 15.5 Å². The van der Waals surface area contributed by atoms with Crippen molar-refractivity contribution in [3.8, 4) is 11.3 Å². The van der Waals surface area contributed by atoms with Crippen molar-refractivity contribution in [1.29, 1.82) is 0 Å². The molecule has 3 fully saturated rings. The molecule has 2 N–H and O–H groups in total. The van der Waals surface area contributed by atoms with Crippen molar-refractivity contribution in [2.24, 2.45) is 17.1 Å². The molecule has 226 valence electrons. The normalized spacial score (nSPS) is 19.4. The monoisotopic (exact) mass is 574 g/mol. The number of aryl methyl sites for hydroxylation is 1. The number of benzene rings is 1. The van der Waals surface area contributed by atoms with E-state index in [1.165, 1.54) is 0 Å². The van der Waals surface area contributed by atoms with Crippen LogP contribution in [0.4, 0.5) is 17.6 Å². The van der Waals surface area contributed by atoms with Gasteiger partial charge in [-0.3, -0.25) is 4.98 Å². The second-order valence-corrected chi connectivity index (χ2v) is 12.1. The molecule has 1 aromatic carbocycles. The molecule has 1 aliphatic carbocycles. The number of hydrogen-bond acceptors (Lipinski definition) is 4. The van der Waals surface area contributed by atoms with E-state index in [0.717, 1.165) is 100 Å². The summed E-state index contributed by atoms with van der Waals surface area (Å²) < 4.78 is 55.4. The van der Waals surface area contributed by atoms with Gasteiger partial charge in [-0.25, -0.2) is 4.39 Å². The summed E-state index contributed by atoms with van der Waals surface area (Å²) in [4.78, 5) is 8.76. The Hall–Kier alpha value is -2.45. The maximum Gasteiger partial charge on any atom is 0.395 e. The van der Waals surface area contributed by atoms with Gasteiger partial charge in [0.05, 0.1) is 11.1 Å². The van der Waals surface area contributed by atoms with E-state index in [1.807, 2.05) is 23.2 Å². The first kappa shape index (κ1) is 31.5. The second kappa shape index (κ2) is 14.1. The van der Waals surface area contributed by atoms with Crippen LogP contribution in [-0.2, 0) is 6.42 Å². The highest BCUT2D eigenvalue weighted by Gasteiger charge is 2.58. The molecule has 2 aliphatic heterocycles. The zero-order valence-electron chi connectivity index (χ0n) is 24.5. The summed E-state index contributed by atoms with van der Waals surface area (Å²) in [5.41, 5.74) is 7.49. The lowest BCUT2D eigenvalue weighted by Crippen LogP contribution is -2.53. The summed E-state index contributed by atoms with van der Waals surface area (Å²) in [7, 11) is 0. The molecule has 0 radical (unpaired) electrons. The van der Waals surface area contributed by atoms with Crippen molar-refractivity contribution in [3.63, 3.8) is 0 Å². The molecule has 3 heterocycles. The molecule has 0 bridgehead atoms. The molecule has 4 nitrogen and oxygen atoms in total. The van der Waals surface area contributed by atoms with E-state index >= 15 is 0 Å². The van der Waals surface area contributed by atoms with Crippen LogP contribution in [0.3, 0.4) is 0 Å². The maximum atomic E-state index is 14.9. The maximum absolute atomic E-state index is 14.9. The number of pyridine rings is 1. The molecule has 0 spiro atoms. The number of rotatable bonds is 9. The van der Waals surface area contributed by atoms with Gasteiger partial charge >= 0.3 is 6.18 Å². The number of halogens is 4. The summed E-state index contributed by atoms with van der Waals surface area (Å²) in [6.45, 7) is 10.5. The van der Waals surface area contributed by atoms with Gasteiger partial charge in [-0.05, 0) is 107 Å². The van der Waals surface area contributed by atoms with E-state index in [4.69, 9.17) is 5.73 Å². The molecule has 41 heavy (non-hydrogen) atoms. The third-order valence-corrected chi connectivity index (χ3v) is 9.16. The Bertz CT molecular complexity index is 1110. The number of nitrogens with two attached hydrogens (primary N) is 1. The first-order valence-electron chi connectivity index (χ1n) is 15.3. The highest BCUT2D eigenvalue weighted by molar-refractivity contribution is 5.68. The van der Waals surface area contributed by atoms with Crippen LogP contribution in [0.5, 0.6) is 0 Å². The standard InChI is InChI=1S/C30H37F4N3.C3H9N/c1-22(37-15-2-3-16-37)26-9-8-25(19-27(26)31)28-10-7-24(20-35-28)6-5-23-11-17-36(18-12-23)21-29(13-4-14-29)30(32,33)34;1-2-3-4/h7-10,19-20,23H,1-6,11-18,21H2;2-4H2,1H3. The Labute approximate surface area is 243 Å². The fourth-order valence-corrected chi connectivity index (χ4v) is 6.18. The van der Waals surface area contributed by atoms with E-state index in [1.54, 1.807) is 12.1 Å². The average Bonchev–Trinajstić information content (AvgIpc) is 3.49. The quantitative estimate of drug-likeness (QED) is 0.312. The highest BCUT2D eigenvalue weighted by atomic mass is 19.4. The molecule has 2 aromatic rings. The van der Waals surface area contributed by atoms with Gasteiger partial charge in [0.1, 0.15) is 5.82 Å². The van der Waals surface area contributed by atoms with Crippen LogP contribution in [0.25, 0.3) is 17.0 Å². The number of aromatic nitrogens is 1. The Kier molecular flexibility index (Phi) is 10.9. The van der Waals surface area contributed by atoms with Crippen LogP contribution in [0.2, 0.25) is 0 Å². The van der Waals surface area contributed by atoms with Gasteiger partial charge in [0.2, 0.25) is 0 Å². The van der Waals surface area contributed by atoms with Crippen LogP contribution < -0.4 is 5.73 Å². The lowest BCUT2D eigenvalue weighted by molar-refractivity contribution is -0.256. The summed E-state index contributed by atoms with van der Waals surface area (Å²) in [6, 6.07) is 9.24. The first-order valence-corrected chi connectivity index (χ1v) is 15.3. The highest BCUT2D eigenvalue weighted by Crippen LogP contribution is 2.53. The topological polar surface area (TPSA) is 45.4 Å². The fraction of sp³-hybridized carbons (Fsp3) is 0.606. The summed E-state index contributed by atoms with van der Waals surface area (Å²) in [5.74, 6) is 0.259. The third-order valence-electron chi connectivity index (χ3n) is 9.16. The number of nitrogens with zero attached hydrogens (tertiary/aromatic N) is 3. The predicted octanol–water partition coefficient (Wildman–Crippen LogP) is 7.69. The fourth-order valence-electron chi connectivity index (χ4n) is 6.18. The summed E-state index contributed by atoms with van der Waals surface area (Å²) in [6.07, 6.45) is 6.19. The number of alkyl halides is 3. The number of hydrogen-bond donors (Lipinski definition) is 1. The Balaban J connectivity index is 0.000000909. The molecule has 0 amide bonds. The Morgan fingerprint density at radius 2 is 1.73 bits per heavy atom. The van der Waals surface area contributed by atoms with Gasteiger partial charge in [-0.15, -0.1) is 0 Å². The van der Waals surface area contributed by atoms with Crippen LogP contribution in [0, 0.1) is 17.2 Å². The molecule has 1 aromatic heterocycles. The molecule has 2 saturated heterocycles. The van der Waals surface area contributed by atoms with Crippen LogP contribution in [0.15, 0.2) is 43.1 Å². The molecule has 3 aliphatic rings. The van der Waals surface area contributed by atoms with E-state index in [2.05, 4.69) is 29.5 Å². The SMILES string of the molecule is C=C(c1ccc(-c2ccc(CCC3CCN(CC4(C(F)(F)F)CCC4)CC3)cn2)cc1F)N1CCCC1.CCCN. The summed E-state index contributed by atoms with van der Waals surface area (Å²) >= 11 is 0. The Morgan fingerprint density at radius 1 is 1.05 bits per heavy atom. The van der Waals surface area contributed by atoms with Crippen LogP contribution in [0.1, 0.15) is 75.8 Å². The number of likely N-dealkylation sites (tertiary alicyclic amines) is 2. The minimum Gasteiger partial charge on any atom is -0.371 e. The van der Waals surface area contributed by atoms with Crippen molar-refractivity contribution >= 4 is 5.70 Å². The number of piperidine rings is 1. The van der Waals surface area contributed by atoms with Crippen molar-refractivity contribution in [2.45, 2.75) is 77.3 Å². The minimum absolute atomic E-state index is 0.169. The lowest BCUT2D eigenvalue weighted by Gasteiger charge is -2.47. The second-order valence-electron chi connectivity index (χ2n) is 12.1. The van der Waals surface area contributed by atoms with E-state index in [9.17, 15) is 17.6 Å². The van der Waals surface area contributed by atoms with Gasteiger partial charge in [0.25, 0.3) is 0 Å². The largest absolute Gasteiger partial charge is 0.395 e. The first-order chi connectivity index (χ1) is 19.7. The van der Waals surface area contributed by atoms with Gasteiger partial charge in [0.15, 0.2) is 0 Å². The molecular formula is C33H46F4N4. The minimum atomic E-state index is -4.09. The van der Waals surface area contributed by atoms with Crippen molar-refractivity contribution in [3.05, 3.63) is 60.1 Å². The van der Waals surface area contributed by atoms with E-state index in [-0.39, 0.29) is 25.2 Å². The Morgan fingerprint density at radius 3 is 2.24 bits per heavy atom. The molecule has 0 atom stereocenters. The predicted molar refractivity (Wildman–Crippen MR) is 159 cm³/mol. The van der Waals surface area contributed by atoms with Crippen molar-refractivity contribution in [2.75, 3.05) is 39.3 Å². The summed E-state index contributed by atoms with van der Waals surface area (Å²) in [5, 5.41) is 0. The van der Waals surface area contributed by atoms with Crippen LogP contribution >= 0.6 is 0 Å². The zero-order chi connectivity index (χ0) is 29.5. The average molecular weight is 575 g/mol. The van der Waals surface area contributed by atoms with E-state index < -0.39 is 11.6 Å². The molecule has 5 rings (SSSR count). The van der Waals surface area contributed by atoms with E-state index in [0.29, 0.717) is 17.9 Å².